The molecule has 0 amide bonds. The van der Waals surface area contributed by atoms with E-state index in [2.05, 4.69) is 59.3 Å². The lowest BCUT2D eigenvalue weighted by Crippen LogP contribution is -3.00. The fourth-order valence-electron chi connectivity index (χ4n) is 6.15. The monoisotopic (exact) mass is 726 g/mol. The van der Waals surface area contributed by atoms with Gasteiger partial charge in [-0.15, -0.1) is 0 Å². The van der Waals surface area contributed by atoms with Crippen molar-refractivity contribution >= 4 is 11.9 Å². The molecule has 50 heavy (non-hydrogen) atoms. The Morgan fingerprint density at radius 1 is 0.500 bits per heavy atom. The lowest BCUT2D eigenvalue weighted by atomic mass is 10.1. The largest absolute Gasteiger partial charge is 1.00 e. The zero-order valence-electron chi connectivity index (χ0n) is 34.0. The fraction of sp³-hybridized carbons (Fsp3) is 0.864. The van der Waals surface area contributed by atoms with Crippen LogP contribution in [0.15, 0.2) is 24.3 Å². The Kier molecular flexibility index (Phi) is 39.5. The standard InChI is InChI=1S/C44H84NO4.ClH/c1-6-8-10-12-14-16-18-20-22-24-26-28-30-32-34-38-43(46)48-41-42(37-36-40-45(3,4)5)49-44(47)39-35-33-31-29-27-25-23-21-19-17-15-13-11-9-7-2;/h20-23,42H,6-19,24-41H2,1-5H3;1H/q+1;/p-1. The molecule has 0 saturated heterocycles. The van der Waals surface area contributed by atoms with E-state index in [0.717, 1.165) is 49.6 Å². The smallest absolute Gasteiger partial charge is 0.306 e. The van der Waals surface area contributed by atoms with Crippen molar-refractivity contribution in [2.75, 3.05) is 34.3 Å². The third-order valence-corrected chi connectivity index (χ3v) is 9.37. The molecule has 0 aliphatic heterocycles. The minimum absolute atomic E-state index is 0. The summed E-state index contributed by atoms with van der Waals surface area (Å²) in [5, 5.41) is 0. The van der Waals surface area contributed by atoms with Crippen molar-refractivity contribution < 1.29 is 36.0 Å². The number of nitrogens with zero attached hydrogens (tertiary/aromatic N) is 1. The molecule has 0 fully saturated rings. The van der Waals surface area contributed by atoms with E-state index in [9.17, 15) is 9.59 Å². The maximum atomic E-state index is 12.6. The molecule has 0 aromatic rings. The molecule has 0 aliphatic rings. The fourth-order valence-corrected chi connectivity index (χ4v) is 6.15. The van der Waals surface area contributed by atoms with Crippen LogP contribution in [0.25, 0.3) is 0 Å². The molecule has 1 atom stereocenters. The van der Waals surface area contributed by atoms with Gasteiger partial charge in [-0.05, 0) is 70.6 Å². The predicted molar refractivity (Wildman–Crippen MR) is 212 cm³/mol. The first kappa shape index (κ1) is 50.8. The maximum absolute atomic E-state index is 12.6. The average Bonchev–Trinajstić information content (AvgIpc) is 3.06. The van der Waals surface area contributed by atoms with Gasteiger partial charge >= 0.3 is 11.9 Å². The summed E-state index contributed by atoms with van der Waals surface area (Å²) in [7, 11) is 6.51. The Balaban J connectivity index is 0. The second kappa shape index (κ2) is 38.9. The number of allylic oxidation sites excluding steroid dienone is 4. The number of carbonyl (C=O) groups is 2. The van der Waals surface area contributed by atoms with Crippen LogP contribution in [0.3, 0.4) is 0 Å². The van der Waals surface area contributed by atoms with Crippen LogP contribution in [-0.2, 0) is 19.1 Å². The van der Waals surface area contributed by atoms with Gasteiger partial charge in [0.15, 0.2) is 0 Å². The number of hydrogen-bond donors (Lipinski definition) is 0. The minimum atomic E-state index is -0.347. The van der Waals surface area contributed by atoms with Crippen LogP contribution in [-0.4, -0.2) is 56.8 Å². The van der Waals surface area contributed by atoms with Crippen LogP contribution >= 0.6 is 0 Å². The molecule has 0 saturated carbocycles. The van der Waals surface area contributed by atoms with E-state index in [-0.39, 0.29) is 37.1 Å². The molecule has 0 spiro atoms. The quantitative estimate of drug-likeness (QED) is 0.0277. The predicted octanol–water partition coefficient (Wildman–Crippen LogP) is 10.0. The molecule has 0 aromatic carbocycles. The SMILES string of the molecule is CCCCCCCCC=CCCCCCCCC(=O)OCC(CCC[N+](C)(C)C)OC(=O)CCCCCCCC=CCCCCCCCC.[Cl-]. The van der Waals surface area contributed by atoms with Crippen LogP contribution in [0.4, 0.5) is 0 Å². The average molecular weight is 727 g/mol. The molecule has 0 aromatic heterocycles. The zero-order chi connectivity index (χ0) is 36.1. The number of unbranched alkanes of at least 4 members (excludes halogenated alkanes) is 22. The zero-order valence-corrected chi connectivity index (χ0v) is 34.7. The molecule has 0 N–H and O–H groups in total. The normalized spacial score (nSPS) is 12.4. The van der Waals surface area contributed by atoms with E-state index in [0.29, 0.717) is 12.8 Å². The number of carbonyl (C=O) groups excluding carboxylic acids is 2. The van der Waals surface area contributed by atoms with Crippen molar-refractivity contribution in [2.45, 2.75) is 213 Å². The summed E-state index contributed by atoms with van der Waals surface area (Å²) < 4.78 is 12.3. The van der Waals surface area contributed by atoms with E-state index in [4.69, 9.17) is 9.47 Å². The number of ether oxygens (including phenoxy) is 2. The molecular weight excluding hydrogens is 642 g/mol. The Hall–Kier alpha value is -1.33. The van der Waals surface area contributed by atoms with E-state index in [1.54, 1.807) is 0 Å². The molecule has 0 bridgehead atoms. The molecule has 6 heteroatoms. The summed E-state index contributed by atoms with van der Waals surface area (Å²) in [6, 6.07) is 0. The Morgan fingerprint density at radius 3 is 1.26 bits per heavy atom. The Bertz CT molecular complexity index is 791. The molecule has 0 radical (unpaired) electrons. The van der Waals surface area contributed by atoms with Gasteiger partial charge in [-0.1, -0.05) is 141 Å². The van der Waals surface area contributed by atoms with Crippen molar-refractivity contribution in [3.8, 4) is 0 Å². The maximum Gasteiger partial charge on any atom is 0.306 e. The summed E-state index contributed by atoms with van der Waals surface area (Å²) in [4.78, 5) is 25.1. The Labute approximate surface area is 318 Å². The summed E-state index contributed by atoms with van der Waals surface area (Å²) in [6.45, 7) is 5.71. The highest BCUT2D eigenvalue weighted by Gasteiger charge is 2.18. The summed E-state index contributed by atoms with van der Waals surface area (Å²) in [6.07, 6.45) is 43.9. The van der Waals surface area contributed by atoms with Gasteiger partial charge in [0.1, 0.15) is 12.7 Å². The van der Waals surface area contributed by atoms with Crippen molar-refractivity contribution in [1.82, 2.24) is 0 Å². The number of rotatable bonds is 37. The van der Waals surface area contributed by atoms with Crippen LogP contribution in [0.1, 0.15) is 206 Å². The third-order valence-electron chi connectivity index (χ3n) is 9.37. The lowest BCUT2D eigenvalue weighted by Gasteiger charge is -2.25. The molecular formula is C44H84ClNO4. The highest BCUT2D eigenvalue weighted by Crippen LogP contribution is 2.14. The van der Waals surface area contributed by atoms with E-state index < -0.39 is 0 Å². The van der Waals surface area contributed by atoms with Crippen molar-refractivity contribution in [3.05, 3.63) is 24.3 Å². The van der Waals surface area contributed by atoms with Gasteiger partial charge < -0.3 is 26.4 Å². The van der Waals surface area contributed by atoms with Crippen LogP contribution in [0.5, 0.6) is 0 Å². The van der Waals surface area contributed by atoms with E-state index >= 15 is 0 Å². The van der Waals surface area contributed by atoms with Crippen molar-refractivity contribution in [3.63, 3.8) is 0 Å². The first-order valence-electron chi connectivity index (χ1n) is 21.2. The molecule has 0 heterocycles. The van der Waals surface area contributed by atoms with Gasteiger partial charge in [0.2, 0.25) is 0 Å². The van der Waals surface area contributed by atoms with Gasteiger partial charge in [-0.25, -0.2) is 0 Å². The van der Waals surface area contributed by atoms with Crippen LogP contribution in [0, 0.1) is 0 Å². The van der Waals surface area contributed by atoms with Gasteiger partial charge in [-0.3, -0.25) is 9.59 Å². The molecule has 5 nitrogen and oxygen atoms in total. The minimum Gasteiger partial charge on any atom is -1.00 e. The molecule has 0 rings (SSSR count). The number of quaternary nitrogens is 1. The second-order valence-corrected chi connectivity index (χ2v) is 15.6. The molecule has 1 unspecified atom stereocenters. The van der Waals surface area contributed by atoms with E-state index in [1.807, 2.05) is 0 Å². The topological polar surface area (TPSA) is 52.6 Å². The summed E-state index contributed by atoms with van der Waals surface area (Å²) >= 11 is 0. The van der Waals surface area contributed by atoms with Gasteiger partial charge in [-0.2, -0.15) is 0 Å². The lowest BCUT2D eigenvalue weighted by molar-refractivity contribution is -0.870. The van der Waals surface area contributed by atoms with Gasteiger partial charge in [0.25, 0.3) is 0 Å². The second-order valence-electron chi connectivity index (χ2n) is 15.6. The third kappa shape index (κ3) is 41.1. The molecule has 0 aliphatic carbocycles. The highest BCUT2D eigenvalue weighted by molar-refractivity contribution is 5.70. The van der Waals surface area contributed by atoms with Crippen molar-refractivity contribution in [1.29, 1.82) is 0 Å². The van der Waals surface area contributed by atoms with Gasteiger partial charge in [0, 0.05) is 19.3 Å². The number of hydrogen-bond acceptors (Lipinski definition) is 4. The number of esters is 2. The van der Waals surface area contributed by atoms with Crippen molar-refractivity contribution in [2.24, 2.45) is 0 Å². The van der Waals surface area contributed by atoms with E-state index in [1.165, 1.54) is 141 Å². The van der Waals surface area contributed by atoms with Crippen LogP contribution < -0.4 is 12.4 Å². The first-order chi connectivity index (χ1) is 23.8. The number of halogens is 1. The van der Waals surface area contributed by atoms with Gasteiger partial charge in [0.05, 0.1) is 27.7 Å². The van der Waals surface area contributed by atoms with Crippen LogP contribution in [0.2, 0.25) is 0 Å². The first-order valence-corrected chi connectivity index (χ1v) is 21.2. The highest BCUT2D eigenvalue weighted by atomic mass is 35.5. The summed E-state index contributed by atoms with van der Waals surface area (Å²) in [5.74, 6) is -0.316. The molecule has 296 valence electrons. The Morgan fingerprint density at radius 2 is 0.860 bits per heavy atom. The summed E-state index contributed by atoms with van der Waals surface area (Å²) in [5.41, 5.74) is 0.